The van der Waals surface area contributed by atoms with Crippen LogP contribution in [-0.4, -0.2) is 59.3 Å². The number of aromatic nitrogens is 2. The van der Waals surface area contributed by atoms with E-state index in [1.165, 1.54) is 0 Å². The molecule has 2 aromatic rings. The fourth-order valence-corrected chi connectivity index (χ4v) is 3.78. The Kier molecular flexibility index (Phi) is 4.31. The molecule has 4 rings (SSSR count). The third-order valence-electron chi connectivity index (χ3n) is 5.30. The minimum atomic E-state index is -0.110. The summed E-state index contributed by atoms with van der Waals surface area (Å²) in [4.78, 5) is 24.1. The van der Waals surface area contributed by atoms with Gasteiger partial charge in [0.05, 0.1) is 42.4 Å². The molecule has 2 aliphatic heterocycles. The van der Waals surface area contributed by atoms with Gasteiger partial charge in [0.1, 0.15) is 0 Å². The van der Waals surface area contributed by atoms with Gasteiger partial charge in [0.25, 0.3) is 5.56 Å². The van der Waals surface area contributed by atoms with Crippen LogP contribution >= 0.6 is 0 Å². The molecule has 0 radical (unpaired) electrons. The maximum Gasteiger partial charge on any atom is 0.257 e. The summed E-state index contributed by atoms with van der Waals surface area (Å²) in [6.45, 7) is 8.27. The number of pyridine rings is 2. The fourth-order valence-electron chi connectivity index (χ4n) is 3.78. The number of H-pyrrole nitrogens is 1. The highest BCUT2D eigenvalue weighted by Crippen LogP contribution is 2.27. The molecule has 0 unspecified atom stereocenters. The molecule has 0 saturated carbocycles. The van der Waals surface area contributed by atoms with E-state index in [1.54, 1.807) is 12.3 Å². The number of ether oxygens (including phenoxy) is 1. The smallest absolute Gasteiger partial charge is 0.257 e. The Balaban J connectivity index is 1.52. The first-order valence-electron chi connectivity index (χ1n) is 8.88. The molecule has 2 fully saturated rings. The summed E-state index contributed by atoms with van der Waals surface area (Å²) in [6, 6.07) is 9.10. The molecule has 4 heterocycles. The van der Waals surface area contributed by atoms with Crippen LogP contribution in [0.15, 0.2) is 41.5 Å². The van der Waals surface area contributed by atoms with Gasteiger partial charge in [0.15, 0.2) is 0 Å². The topological polar surface area (TPSA) is 61.5 Å². The largest absolute Gasteiger partial charge is 0.378 e. The van der Waals surface area contributed by atoms with Crippen molar-refractivity contribution in [3.63, 3.8) is 0 Å². The third kappa shape index (κ3) is 3.07. The number of hydrogen-bond donors (Lipinski definition) is 1. The van der Waals surface area contributed by atoms with E-state index in [4.69, 9.17) is 4.74 Å². The zero-order valence-corrected chi connectivity index (χ0v) is 14.7. The van der Waals surface area contributed by atoms with Gasteiger partial charge in [-0.1, -0.05) is 0 Å². The summed E-state index contributed by atoms with van der Waals surface area (Å²) in [5.41, 5.74) is 2.31. The second-order valence-electron chi connectivity index (χ2n) is 7.05. The molecule has 2 atom stereocenters. The Hall–Kier alpha value is -2.18. The quantitative estimate of drug-likeness (QED) is 0.922. The minimum absolute atomic E-state index is 0.110. The monoisotopic (exact) mass is 340 g/mol. The molecule has 25 heavy (non-hydrogen) atoms. The molecule has 1 N–H and O–H groups in total. The van der Waals surface area contributed by atoms with Crippen molar-refractivity contribution < 1.29 is 4.74 Å². The Bertz CT molecular complexity index is 785. The van der Waals surface area contributed by atoms with E-state index in [0.717, 1.165) is 32.0 Å². The maximum absolute atomic E-state index is 11.9. The van der Waals surface area contributed by atoms with E-state index < -0.39 is 0 Å². The second-order valence-corrected chi connectivity index (χ2v) is 7.05. The van der Waals surface area contributed by atoms with Crippen LogP contribution in [0, 0.1) is 0 Å². The Morgan fingerprint density at radius 1 is 1.16 bits per heavy atom. The molecular weight excluding hydrogens is 316 g/mol. The van der Waals surface area contributed by atoms with E-state index in [9.17, 15) is 4.79 Å². The average molecular weight is 340 g/mol. The number of aromatic amines is 1. The Morgan fingerprint density at radius 2 is 2.00 bits per heavy atom. The van der Waals surface area contributed by atoms with Crippen LogP contribution in [0.25, 0.3) is 11.3 Å². The van der Waals surface area contributed by atoms with Gasteiger partial charge in [0, 0.05) is 31.4 Å². The summed E-state index contributed by atoms with van der Waals surface area (Å²) in [5.74, 6) is 0. The van der Waals surface area contributed by atoms with Gasteiger partial charge in [-0.2, -0.15) is 0 Å². The molecule has 6 heteroatoms. The molecule has 0 aromatic carbocycles. The second kappa shape index (κ2) is 6.61. The van der Waals surface area contributed by atoms with Gasteiger partial charge in [-0.25, -0.2) is 0 Å². The predicted molar refractivity (Wildman–Crippen MR) is 97.9 cm³/mol. The van der Waals surface area contributed by atoms with Crippen molar-refractivity contribution in [1.29, 1.82) is 0 Å². The highest BCUT2D eigenvalue weighted by Gasteiger charge is 2.36. The van der Waals surface area contributed by atoms with Crippen LogP contribution in [0.1, 0.15) is 13.8 Å². The molecule has 2 aromatic heterocycles. The van der Waals surface area contributed by atoms with Gasteiger partial charge >= 0.3 is 0 Å². The minimum Gasteiger partial charge on any atom is -0.378 e. The summed E-state index contributed by atoms with van der Waals surface area (Å²) in [5, 5.41) is 0. The van der Waals surface area contributed by atoms with Crippen molar-refractivity contribution in [2.45, 2.75) is 32.0 Å². The van der Waals surface area contributed by atoms with Crippen molar-refractivity contribution in [3.05, 3.63) is 47.0 Å². The number of piperazine rings is 1. The lowest BCUT2D eigenvalue weighted by Gasteiger charge is -2.50. The highest BCUT2D eigenvalue weighted by atomic mass is 16.5. The molecule has 2 aliphatic rings. The molecule has 2 saturated heterocycles. The summed E-state index contributed by atoms with van der Waals surface area (Å²) >= 11 is 0. The maximum atomic E-state index is 11.9. The van der Waals surface area contributed by atoms with E-state index in [-0.39, 0.29) is 5.56 Å². The number of nitrogens with one attached hydrogen (secondary N) is 1. The molecule has 0 spiro atoms. The number of hydrogen-bond acceptors (Lipinski definition) is 5. The normalized spacial score (nSPS) is 25.0. The Labute approximate surface area is 147 Å². The van der Waals surface area contributed by atoms with Crippen molar-refractivity contribution >= 4 is 5.69 Å². The van der Waals surface area contributed by atoms with Gasteiger partial charge in [-0.05, 0) is 38.1 Å². The first kappa shape index (κ1) is 16.3. The van der Waals surface area contributed by atoms with Gasteiger partial charge in [-0.15, -0.1) is 0 Å². The van der Waals surface area contributed by atoms with Gasteiger partial charge in [-0.3, -0.25) is 14.7 Å². The van der Waals surface area contributed by atoms with Crippen LogP contribution in [0.4, 0.5) is 5.69 Å². The summed E-state index contributed by atoms with van der Waals surface area (Å²) in [7, 11) is 0. The summed E-state index contributed by atoms with van der Waals surface area (Å²) < 4.78 is 5.35. The van der Waals surface area contributed by atoms with Crippen molar-refractivity contribution in [1.82, 2.24) is 14.9 Å². The van der Waals surface area contributed by atoms with Crippen LogP contribution in [0.2, 0.25) is 0 Å². The molecule has 0 aliphatic carbocycles. The van der Waals surface area contributed by atoms with Crippen molar-refractivity contribution in [2.24, 2.45) is 0 Å². The van der Waals surface area contributed by atoms with E-state index in [2.05, 4.69) is 39.7 Å². The SMILES string of the molecule is C[C@@H]1CN(c2ccc(-c3ccc[nH]c3=O)nc2)[C@@H](C)CN1C1COC1. The lowest BCUT2D eigenvalue weighted by atomic mass is 10.0. The van der Waals surface area contributed by atoms with Gasteiger partial charge in [0.2, 0.25) is 0 Å². The molecule has 132 valence electrons. The lowest BCUT2D eigenvalue weighted by molar-refractivity contribution is -0.0828. The predicted octanol–water partition coefficient (Wildman–Crippen LogP) is 1.73. The van der Waals surface area contributed by atoms with E-state index in [0.29, 0.717) is 29.4 Å². The van der Waals surface area contributed by atoms with Crippen molar-refractivity contribution in [3.8, 4) is 11.3 Å². The van der Waals surface area contributed by atoms with Crippen LogP contribution < -0.4 is 10.5 Å². The molecule has 6 nitrogen and oxygen atoms in total. The number of nitrogens with zero attached hydrogens (tertiary/aromatic N) is 3. The molecule has 0 bridgehead atoms. The Morgan fingerprint density at radius 3 is 2.64 bits per heavy atom. The fraction of sp³-hybridized carbons (Fsp3) is 0.474. The number of anilines is 1. The van der Waals surface area contributed by atoms with Crippen molar-refractivity contribution in [2.75, 3.05) is 31.2 Å². The first-order chi connectivity index (χ1) is 12.1. The lowest BCUT2D eigenvalue weighted by Crippen LogP contribution is -2.63. The first-order valence-corrected chi connectivity index (χ1v) is 8.88. The summed E-state index contributed by atoms with van der Waals surface area (Å²) in [6.07, 6.45) is 3.52. The van der Waals surface area contributed by atoms with E-state index in [1.807, 2.05) is 18.3 Å². The zero-order chi connectivity index (χ0) is 17.4. The van der Waals surface area contributed by atoms with Crippen LogP contribution in [-0.2, 0) is 4.74 Å². The molecule has 0 amide bonds. The third-order valence-corrected chi connectivity index (χ3v) is 5.30. The highest BCUT2D eigenvalue weighted by molar-refractivity contribution is 5.60. The van der Waals surface area contributed by atoms with Gasteiger partial charge < -0.3 is 14.6 Å². The number of rotatable bonds is 3. The van der Waals surface area contributed by atoms with Crippen LogP contribution in [0.5, 0.6) is 0 Å². The standard InChI is InChI=1S/C19H24N4O2/c1-13-10-23(16-11-25-12-16)14(2)9-22(13)15-5-6-18(21-8-15)17-4-3-7-20-19(17)24/h3-8,13-14,16H,9-12H2,1-2H3,(H,20,24)/t13-,14+/m0/s1. The van der Waals surface area contributed by atoms with E-state index >= 15 is 0 Å². The average Bonchev–Trinajstić information content (AvgIpc) is 2.57. The zero-order valence-electron chi connectivity index (χ0n) is 14.7. The molecular formula is C19H24N4O2. The van der Waals surface area contributed by atoms with Crippen LogP contribution in [0.3, 0.4) is 0 Å².